The zero-order chi connectivity index (χ0) is 5.11. The Balaban J connectivity index is 2.76. The van der Waals surface area contributed by atoms with E-state index in [1.165, 1.54) is 11.7 Å². The maximum atomic E-state index is 3.90. The van der Waals surface area contributed by atoms with Crippen molar-refractivity contribution < 1.29 is 3.96 Å². The molecule has 0 atom stereocenters. The van der Waals surface area contributed by atoms with Gasteiger partial charge in [0.15, 0.2) is 6.20 Å². The van der Waals surface area contributed by atoms with Crippen LogP contribution in [0.15, 0.2) is 12.4 Å². The normalized spacial score (nSPS) is 9.29. The molecule has 0 N–H and O–H groups in total. The second-order valence-corrected chi connectivity index (χ2v) is 2.06. The van der Waals surface area contributed by atoms with Crippen molar-refractivity contribution in [3.63, 3.8) is 0 Å². The lowest BCUT2D eigenvalue weighted by atomic mass is 10.8. The second kappa shape index (κ2) is 2.02. The molecule has 38 valence electrons. The molecule has 1 heterocycles. The van der Waals surface area contributed by atoms with Gasteiger partial charge in [-0.3, -0.25) is 0 Å². The summed E-state index contributed by atoms with van der Waals surface area (Å²) in [7, 11) is 0. The van der Waals surface area contributed by atoms with E-state index in [-0.39, 0.29) is 0 Å². The van der Waals surface area contributed by atoms with Gasteiger partial charge in [-0.25, -0.2) is 0 Å². The van der Waals surface area contributed by atoms with Crippen LogP contribution in [0, 0.1) is 0 Å². The molecule has 1 rings (SSSR count). The summed E-state index contributed by atoms with van der Waals surface area (Å²) in [5, 5.41) is 0. The lowest BCUT2D eigenvalue weighted by Gasteiger charge is -1.75. The van der Waals surface area contributed by atoms with Gasteiger partial charge in [0.05, 0.1) is 6.54 Å². The average Bonchev–Trinajstić information content (AvgIpc) is 2.14. The van der Waals surface area contributed by atoms with Crippen LogP contribution in [0.25, 0.3) is 0 Å². The molecule has 1 aromatic rings. The summed E-state index contributed by atoms with van der Waals surface area (Å²) in [4.78, 5) is 0. The van der Waals surface area contributed by atoms with Gasteiger partial charge in [-0.15, -0.1) is 0 Å². The Hall–Kier alpha value is -0.440. The lowest BCUT2D eigenvalue weighted by molar-refractivity contribution is -0.625. The third kappa shape index (κ3) is 0.962. The number of nitrogens with zero attached hydrogens (tertiary/aromatic N) is 2. The predicted octanol–water partition coefficient (Wildman–Crippen LogP) is 0.451. The van der Waals surface area contributed by atoms with Crippen LogP contribution in [0.5, 0.6) is 0 Å². The fourth-order valence-corrected chi connectivity index (χ4v) is 0.834. The summed E-state index contributed by atoms with van der Waals surface area (Å²) in [5.41, 5.74) is 0. The van der Waals surface area contributed by atoms with Crippen LogP contribution in [-0.4, -0.2) is 4.37 Å². The summed E-state index contributed by atoms with van der Waals surface area (Å²) in [6, 6.07) is 0. The summed E-state index contributed by atoms with van der Waals surface area (Å²) in [6.45, 7) is 3.13. The standard InChI is InChI=1S/C4H7N2S/c1-2-6-4-3-5-7-6/h3-4H,2H2,1H3/q+1. The summed E-state index contributed by atoms with van der Waals surface area (Å²) in [5.74, 6) is 0. The van der Waals surface area contributed by atoms with Crippen LogP contribution in [0.2, 0.25) is 0 Å². The Morgan fingerprint density at radius 3 is 3.00 bits per heavy atom. The van der Waals surface area contributed by atoms with E-state index in [1.807, 2.05) is 6.20 Å². The van der Waals surface area contributed by atoms with E-state index < -0.39 is 0 Å². The largest absolute Gasteiger partial charge is 0.276 e. The number of hydrogen-bond acceptors (Lipinski definition) is 2. The molecule has 0 spiro atoms. The highest BCUT2D eigenvalue weighted by molar-refractivity contribution is 6.94. The Bertz CT molecular complexity index is 124. The first-order valence-electron chi connectivity index (χ1n) is 2.24. The molecule has 0 unspecified atom stereocenters. The van der Waals surface area contributed by atoms with Crippen LogP contribution >= 0.6 is 11.7 Å². The second-order valence-electron chi connectivity index (χ2n) is 1.22. The van der Waals surface area contributed by atoms with E-state index in [1.54, 1.807) is 6.20 Å². The van der Waals surface area contributed by atoms with Crippen LogP contribution < -0.4 is 3.96 Å². The molecule has 0 aliphatic carbocycles. The van der Waals surface area contributed by atoms with Gasteiger partial charge in [-0.1, -0.05) is 0 Å². The first-order valence-corrected chi connectivity index (χ1v) is 2.97. The van der Waals surface area contributed by atoms with E-state index in [9.17, 15) is 0 Å². The monoisotopic (exact) mass is 115 g/mol. The first kappa shape index (κ1) is 4.71. The molecule has 7 heavy (non-hydrogen) atoms. The quantitative estimate of drug-likeness (QED) is 0.486. The molecule has 0 saturated heterocycles. The highest BCUT2D eigenvalue weighted by atomic mass is 32.1. The lowest BCUT2D eigenvalue weighted by Crippen LogP contribution is -2.24. The maximum Gasteiger partial charge on any atom is 0.276 e. The topological polar surface area (TPSA) is 16.8 Å². The Kier molecular flexibility index (Phi) is 1.36. The van der Waals surface area contributed by atoms with Crippen LogP contribution in [0.3, 0.4) is 0 Å². The molecule has 0 bridgehead atoms. The minimum absolute atomic E-state index is 1.03. The predicted molar refractivity (Wildman–Crippen MR) is 28.0 cm³/mol. The van der Waals surface area contributed by atoms with Crippen LogP contribution in [0.4, 0.5) is 0 Å². The highest BCUT2D eigenvalue weighted by Gasteiger charge is 1.91. The van der Waals surface area contributed by atoms with Gasteiger partial charge >= 0.3 is 0 Å². The SMILES string of the molecule is CC[n+]1ccns1. The van der Waals surface area contributed by atoms with Gasteiger partial charge < -0.3 is 0 Å². The van der Waals surface area contributed by atoms with E-state index >= 15 is 0 Å². The van der Waals surface area contributed by atoms with Crippen LogP contribution in [-0.2, 0) is 6.54 Å². The van der Waals surface area contributed by atoms with Gasteiger partial charge in [0, 0.05) is 4.37 Å². The molecule has 0 fully saturated rings. The first-order chi connectivity index (χ1) is 3.43. The Morgan fingerprint density at radius 1 is 1.86 bits per heavy atom. The van der Waals surface area contributed by atoms with E-state index in [4.69, 9.17) is 0 Å². The summed E-state index contributed by atoms with van der Waals surface area (Å²) >= 11 is 1.49. The molecule has 0 saturated carbocycles. The fraction of sp³-hybridized carbons (Fsp3) is 0.500. The number of hydrogen-bond donors (Lipinski definition) is 0. The molecule has 2 nitrogen and oxygen atoms in total. The smallest absolute Gasteiger partial charge is 0.176 e. The molecule has 0 amide bonds. The molecule has 1 aromatic heterocycles. The number of aromatic nitrogens is 2. The molecule has 0 aliphatic heterocycles. The maximum absolute atomic E-state index is 3.90. The highest BCUT2D eigenvalue weighted by Crippen LogP contribution is 1.75. The van der Waals surface area contributed by atoms with E-state index in [0.29, 0.717) is 0 Å². The molecule has 3 heteroatoms. The number of rotatable bonds is 1. The average molecular weight is 115 g/mol. The molecular formula is C4H7N2S+. The third-order valence-corrected chi connectivity index (χ3v) is 1.56. The molecule has 0 aliphatic rings. The third-order valence-electron chi connectivity index (χ3n) is 0.757. The van der Waals surface area contributed by atoms with Gasteiger partial charge in [-0.2, -0.15) is 3.96 Å². The van der Waals surface area contributed by atoms with Crippen molar-refractivity contribution in [1.29, 1.82) is 0 Å². The van der Waals surface area contributed by atoms with Crippen molar-refractivity contribution in [2.75, 3.05) is 0 Å². The molecule has 0 radical (unpaired) electrons. The minimum atomic E-state index is 1.03. The van der Waals surface area contributed by atoms with Gasteiger partial charge in [0.2, 0.25) is 0 Å². The Morgan fingerprint density at radius 2 is 2.71 bits per heavy atom. The van der Waals surface area contributed by atoms with Crippen molar-refractivity contribution >= 4 is 11.7 Å². The van der Waals surface area contributed by atoms with E-state index in [2.05, 4.69) is 15.3 Å². The molecular weight excluding hydrogens is 108 g/mol. The zero-order valence-corrected chi connectivity index (χ0v) is 4.98. The summed E-state index contributed by atoms with van der Waals surface area (Å²) < 4.78 is 5.95. The Labute approximate surface area is 46.7 Å². The van der Waals surface area contributed by atoms with Crippen molar-refractivity contribution in [2.24, 2.45) is 0 Å². The van der Waals surface area contributed by atoms with Gasteiger partial charge in [-0.05, 0) is 6.92 Å². The zero-order valence-electron chi connectivity index (χ0n) is 4.16. The fourth-order valence-electron chi connectivity index (χ4n) is 0.380. The number of aryl methyl sites for hydroxylation is 1. The van der Waals surface area contributed by atoms with Crippen molar-refractivity contribution in [3.05, 3.63) is 12.4 Å². The van der Waals surface area contributed by atoms with Gasteiger partial charge in [0.25, 0.3) is 11.7 Å². The van der Waals surface area contributed by atoms with E-state index in [0.717, 1.165) is 6.54 Å². The van der Waals surface area contributed by atoms with Crippen molar-refractivity contribution in [1.82, 2.24) is 4.37 Å². The van der Waals surface area contributed by atoms with Crippen molar-refractivity contribution in [3.8, 4) is 0 Å². The summed E-state index contributed by atoms with van der Waals surface area (Å²) in [6.07, 6.45) is 3.76. The molecule has 0 aromatic carbocycles. The minimum Gasteiger partial charge on any atom is -0.176 e. The van der Waals surface area contributed by atoms with Gasteiger partial charge in [0.1, 0.15) is 6.20 Å². The van der Waals surface area contributed by atoms with Crippen molar-refractivity contribution in [2.45, 2.75) is 13.5 Å². The van der Waals surface area contributed by atoms with Crippen LogP contribution in [0.1, 0.15) is 6.92 Å².